The molecule has 0 aromatic heterocycles. The van der Waals surface area contributed by atoms with Crippen molar-refractivity contribution in [3.63, 3.8) is 0 Å². The maximum atomic E-state index is 3.66. The molecule has 0 spiro atoms. The summed E-state index contributed by atoms with van der Waals surface area (Å²) in [7, 11) is 0. The fourth-order valence-corrected chi connectivity index (χ4v) is 3.71. The van der Waals surface area contributed by atoms with Crippen LogP contribution in [-0.2, 0) is 0 Å². The van der Waals surface area contributed by atoms with E-state index >= 15 is 0 Å². The van der Waals surface area contributed by atoms with Gasteiger partial charge in [0.15, 0.2) is 0 Å². The van der Waals surface area contributed by atoms with Crippen molar-refractivity contribution in [2.75, 3.05) is 6.54 Å². The minimum Gasteiger partial charge on any atom is -0.314 e. The average Bonchev–Trinajstić information content (AvgIpc) is 2.36. The SMILES string of the molecule is Cc1cc(C)cc(C2CC(C)CCC2CNC(C)C)c1. The molecule has 1 saturated carbocycles. The van der Waals surface area contributed by atoms with Crippen molar-refractivity contribution in [1.82, 2.24) is 5.32 Å². The predicted molar refractivity (Wildman–Crippen MR) is 88.3 cm³/mol. The van der Waals surface area contributed by atoms with Crippen molar-refractivity contribution >= 4 is 0 Å². The number of nitrogens with one attached hydrogen (secondary N) is 1. The van der Waals surface area contributed by atoms with E-state index in [0.717, 1.165) is 17.8 Å². The summed E-state index contributed by atoms with van der Waals surface area (Å²) >= 11 is 0. The summed E-state index contributed by atoms with van der Waals surface area (Å²) in [5.41, 5.74) is 4.40. The van der Waals surface area contributed by atoms with Crippen LogP contribution in [0.3, 0.4) is 0 Å². The molecule has 1 aromatic carbocycles. The number of benzene rings is 1. The highest BCUT2D eigenvalue weighted by Gasteiger charge is 2.29. The first-order chi connectivity index (χ1) is 9.45. The largest absolute Gasteiger partial charge is 0.314 e. The van der Waals surface area contributed by atoms with E-state index in [1.165, 1.54) is 36.9 Å². The molecule has 1 heteroatoms. The van der Waals surface area contributed by atoms with Crippen molar-refractivity contribution in [2.45, 2.75) is 65.8 Å². The lowest BCUT2D eigenvalue weighted by Gasteiger charge is -2.36. The van der Waals surface area contributed by atoms with Gasteiger partial charge in [0, 0.05) is 6.04 Å². The van der Waals surface area contributed by atoms with E-state index in [1.807, 2.05) is 0 Å². The van der Waals surface area contributed by atoms with Crippen molar-refractivity contribution in [3.8, 4) is 0 Å². The van der Waals surface area contributed by atoms with E-state index in [1.54, 1.807) is 5.56 Å². The molecular formula is C19H31N. The maximum absolute atomic E-state index is 3.66. The third-order valence-electron chi connectivity index (χ3n) is 4.72. The van der Waals surface area contributed by atoms with Gasteiger partial charge in [-0.2, -0.15) is 0 Å². The van der Waals surface area contributed by atoms with Gasteiger partial charge >= 0.3 is 0 Å². The molecule has 20 heavy (non-hydrogen) atoms. The number of hydrogen-bond donors (Lipinski definition) is 1. The van der Waals surface area contributed by atoms with Gasteiger partial charge in [0.05, 0.1) is 0 Å². The van der Waals surface area contributed by atoms with Crippen molar-refractivity contribution in [2.24, 2.45) is 11.8 Å². The summed E-state index contributed by atoms with van der Waals surface area (Å²) in [4.78, 5) is 0. The van der Waals surface area contributed by atoms with Gasteiger partial charge < -0.3 is 5.32 Å². The molecular weight excluding hydrogens is 242 g/mol. The summed E-state index contributed by atoms with van der Waals surface area (Å²) in [6.07, 6.45) is 4.12. The first-order valence-electron chi connectivity index (χ1n) is 8.27. The second-order valence-corrected chi connectivity index (χ2v) is 7.27. The third-order valence-corrected chi connectivity index (χ3v) is 4.72. The minimum absolute atomic E-state index is 0.592. The van der Waals surface area contributed by atoms with Gasteiger partial charge in [-0.25, -0.2) is 0 Å². The van der Waals surface area contributed by atoms with E-state index in [9.17, 15) is 0 Å². The Bertz CT molecular complexity index is 415. The lowest BCUT2D eigenvalue weighted by Crippen LogP contribution is -2.34. The van der Waals surface area contributed by atoms with Gasteiger partial charge in [0.2, 0.25) is 0 Å². The summed E-state index contributed by atoms with van der Waals surface area (Å²) < 4.78 is 0. The van der Waals surface area contributed by atoms with Gasteiger partial charge in [-0.05, 0) is 56.6 Å². The molecule has 1 N–H and O–H groups in total. The van der Waals surface area contributed by atoms with Crippen LogP contribution in [0.1, 0.15) is 62.6 Å². The summed E-state index contributed by atoms with van der Waals surface area (Å²) in [6.45, 7) is 12.5. The van der Waals surface area contributed by atoms with Crippen molar-refractivity contribution in [1.29, 1.82) is 0 Å². The highest BCUT2D eigenvalue weighted by molar-refractivity contribution is 5.31. The van der Waals surface area contributed by atoms with Crippen molar-refractivity contribution in [3.05, 3.63) is 34.9 Å². The molecule has 1 nitrogen and oxygen atoms in total. The number of rotatable bonds is 4. The molecule has 0 bridgehead atoms. The Morgan fingerprint density at radius 2 is 1.75 bits per heavy atom. The highest BCUT2D eigenvalue weighted by Crippen LogP contribution is 2.40. The summed E-state index contributed by atoms with van der Waals surface area (Å²) in [6, 6.07) is 7.71. The van der Waals surface area contributed by atoms with Crippen LogP contribution in [0.15, 0.2) is 18.2 Å². The Hall–Kier alpha value is -0.820. The summed E-state index contributed by atoms with van der Waals surface area (Å²) in [5, 5.41) is 3.66. The van der Waals surface area contributed by atoms with Crippen LogP contribution in [0.2, 0.25) is 0 Å². The van der Waals surface area contributed by atoms with E-state index in [0.29, 0.717) is 6.04 Å². The first-order valence-corrected chi connectivity index (χ1v) is 8.27. The minimum atomic E-state index is 0.592. The summed E-state index contributed by atoms with van der Waals surface area (Å²) in [5.74, 6) is 2.41. The molecule has 3 unspecified atom stereocenters. The van der Waals surface area contributed by atoms with Crippen LogP contribution >= 0.6 is 0 Å². The molecule has 0 saturated heterocycles. The van der Waals surface area contributed by atoms with Crippen LogP contribution in [0.4, 0.5) is 0 Å². The third kappa shape index (κ3) is 4.09. The average molecular weight is 273 g/mol. The smallest absolute Gasteiger partial charge is 0.00104 e. The zero-order valence-corrected chi connectivity index (χ0v) is 13.9. The van der Waals surface area contributed by atoms with E-state index in [2.05, 4.69) is 58.1 Å². The monoisotopic (exact) mass is 273 g/mol. The molecule has 1 fully saturated rings. The molecule has 1 aliphatic rings. The second kappa shape index (κ2) is 6.76. The molecule has 0 radical (unpaired) electrons. The molecule has 3 atom stereocenters. The van der Waals surface area contributed by atoms with Crippen LogP contribution in [0.5, 0.6) is 0 Å². The maximum Gasteiger partial charge on any atom is 0.00104 e. The van der Waals surface area contributed by atoms with Gasteiger partial charge in [0.25, 0.3) is 0 Å². The normalized spacial score (nSPS) is 27.0. The predicted octanol–water partition coefficient (Wildman–Crippen LogP) is 4.82. The number of hydrogen-bond acceptors (Lipinski definition) is 1. The zero-order chi connectivity index (χ0) is 14.7. The topological polar surface area (TPSA) is 12.0 Å². The fraction of sp³-hybridized carbons (Fsp3) is 0.684. The lowest BCUT2D eigenvalue weighted by atomic mass is 9.71. The Balaban J connectivity index is 2.18. The van der Waals surface area contributed by atoms with Crippen LogP contribution in [0, 0.1) is 25.7 Å². The van der Waals surface area contributed by atoms with Gasteiger partial charge in [-0.3, -0.25) is 0 Å². The van der Waals surface area contributed by atoms with E-state index in [4.69, 9.17) is 0 Å². The Labute approximate surface area is 125 Å². The van der Waals surface area contributed by atoms with Gasteiger partial charge in [-0.1, -0.05) is 56.5 Å². The fourth-order valence-electron chi connectivity index (χ4n) is 3.71. The lowest BCUT2D eigenvalue weighted by molar-refractivity contribution is 0.238. The van der Waals surface area contributed by atoms with Gasteiger partial charge in [0.1, 0.15) is 0 Å². The number of aryl methyl sites for hydroxylation is 2. The van der Waals surface area contributed by atoms with Gasteiger partial charge in [-0.15, -0.1) is 0 Å². The van der Waals surface area contributed by atoms with E-state index in [-0.39, 0.29) is 0 Å². The van der Waals surface area contributed by atoms with Crippen molar-refractivity contribution < 1.29 is 0 Å². The van der Waals surface area contributed by atoms with Crippen LogP contribution < -0.4 is 5.32 Å². The molecule has 1 aromatic rings. The molecule has 112 valence electrons. The first kappa shape index (κ1) is 15.6. The Morgan fingerprint density at radius 1 is 1.10 bits per heavy atom. The zero-order valence-electron chi connectivity index (χ0n) is 13.9. The quantitative estimate of drug-likeness (QED) is 0.829. The molecule has 0 amide bonds. The highest BCUT2D eigenvalue weighted by atomic mass is 14.9. The van der Waals surface area contributed by atoms with Crippen LogP contribution in [0.25, 0.3) is 0 Å². The molecule has 0 aliphatic heterocycles. The molecule has 0 heterocycles. The Morgan fingerprint density at radius 3 is 2.35 bits per heavy atom. The second-order valence-electron chi connectivity index (χ2n) is 7.27. The Kier molecular flexibility index (Phi) is 5.26. The van der Waals surface area contributed by atoms with Crippen LogP contribution in [-0.4, -0.2) is 12.6 Å². The molecule has 2 rings (SSSR count). The standard InChI is InChI=1S/C19H31N/c1-13(2)20-12-17-7-6-14(3)11-19(17)18-9-15(4)8-16(5)10-18/h8-10,13-14,17,19-20H,6-7,11-12H2,1-5H3. The molecule has 1 aliphatic carbocycles. The van der Waals surface area contributed by atoms with E-state index < -0.39 is 0 Å².